The Bertz CT molecular complexity index is 728. The van der Waals surface area contributed by atoms with Crippen LogP contribution in [0.2, 0.25) is 0 Å². The Morgan fingerprint density at radius 2 is 2.14 bits per heavy atom. The topological polar surface area (TPSA) is 50.9 Å². The third-order valence-electron chi connectivity index (χ3n) is 3.74. The van der Waals surface area contributed by atoms with Gasteiger partial charge in [0.1, 0.15) is 10.8 Å². The molecule has 0 saturated carbocycles. The van der Waals surface area contributed by atoms with Crippen molar-refractivity contribution in [3.8, 4) is 0 Å². The minimum atomic E-state index is 0.383. The lowest BCUT2D eigenvalue weighted by atomic mass is 10.1. The highest BCUT2D eigenvalue weighted by Crippen LogP contribution is 2.28. The van der Waals surface area contributed by atoms with Crippen molar-refractivity contribution in [3.63, 3.8) is 0 Å². The molecule has 0 saturated heterocycles. The van der Waals surface area contributed by atoms with Crippen LogP contribution >= 0.6 is 28.1 Å². The first-order chi connectivity index (χ1) is 10.0. The summed E-state index contributed by atoms with van der Waals surface area (Å²) in [7, 11) is 0. The number of hydrogen-bond donors (Lipinski definition) is 2. The fraction of sp³-hybridized carbons (Fsp3) is 0.250. The molecule has 1 aromatic heterocycles. The van der Waals surface area contributed by atoms with Crippen molar-refractivity contribution in [2.45, 2.75) is 26.2 Å². The molecule has 0 aliphatic heterocycles. The Balaban J connectivity index is 2.01. The fourth-order valence-corrected chi connectivity index (χ4v) is 3.02. The van der Waals surface area contributed by atoms with Crippen LogP contribution in [0.4, 0.5) is 11.5 Å². The van der Waals surface area contributed by atoms with Gasteiger partial charge in [-0.3, -0.25) is 0 Å². The van der Waals surface area contributed by atoms with Crippen LogP contribution in [0.3, 0.4) is 0 Å². The number of nitrogens with one attached hydrogen (secondary N) is 1. The number of halogens is 1. The lowest BCUT2D eigenvalue weighted by Gasteiger charge is -2.13. The standard InChI is InChI=1S/C16H16BrN3S/c1-9-7-11(5-6-13(9)17)19-16-12(15(18)21)8-10-3-2-4-14(10)20-16/h5-8H,2-4H2,1H3,(H2,18,21)(H,19,20). The quantitative estimate of drug-likeness (QED) is 0.810. The van der Waals surface area contributed by atoms with Gasteiger partial charge in [-0.05, 0) is 61.6 Å². The summed E-state index contributed by atoms with van der Waals surface area (Å²) in [6.45, 7) is 2.06. The molecule has 0 unspecified atom stereocenters. The van der Waals surface area contributed by atoms with Gasteiger partial charge in [0.15, 0.2) is 0 Å². The average Bonchev–Trinajstić information content (AvgIpc) is 2.89. The van der Waals surface area contributed by atoms with Crippen molar-refractivity contribution < 1.29 is 0 Å². The van der Waals surface area contributed by atoms with Gasteiger partial charge in [0.2, 0.25) is 0 Å². The largest absolute Gasteiger partial charge is 0.389 e. The summed E-state index contributed by atoms with van der Waals surface area (Å²) in [5, 5.41) is 3.35. The lowest BCUT2D eigenvalue weighted by molar-refractivity contribution is 0.900. The summed E-state index contributed by atoms with van der Waals surface area (Å²) in [6.07, 6.45) is 3.25. The van der Waals surface area contributed by atoms with E-state index in [0.717, 1.165) is 52.1 Å². The number of hydrogen-bond acceptors (Lipinski definition) is 3. The first kappa shape index (κ1) is 14.5. The maximum absolute atomic E-state index is 5.86. The molecule has 3 N–H and O–H groups in total. The molecule has 3 rings (SSSR count). The molecule has 1 aliphatic rings. The van der Waals surface area contributed by atoms with E-state index in [4.69, 9.17) is 22.9 Å². The summed E-state index contributed by atoms with van der Waals surface area (Å²) < 4.78 is 1.09. The molecule has 0 radical (unpaired) electrons. The van der Waals surface area contributed by atoms with Crippen LogP contribution in [0, 0.1) is 6.92 Å². The first-order valence-corrected chi connectivity index (χ1v) is 8.10. The number of nitrogens with zero attached hydrogens (tertiary/aromatic N) is 1. The molecule has 0 bridgehead atoms. The molecule has 1 aliphatic carbocycles. The smallest absolute Gasteiger partial charge is 0.140 e. The third kappa shape index (κ3) is 2.94. The van der Waals surface area contributed by atoms with Crippen LogP contribution in [-0.2, 0) is 12.8 Å². The van der Waals surface area contributed by atoms with Crippen LogP contribution in [0.1, 0.15) is 28.8 Å². The number of anilines is 2. The van der Waals surface area contributed by atoms with Gasteiger partial charge >= 0.3 is 0 Å². The van der Waals surface area contributed by atoms with E-state index in [1.807, 2.05) is 12.1 Å². The second-order valence-electron chi connectivity index (χ2n) is 5.30. The molecular formula is C16H16BrN3S. The molecule has 0 atom stereocenters. The van der Waals surface area contributed by atoms with Gasteiger partial charge in [-0.25, -0.2) is 4.98 Å². The Kier molecular flexibility index (Phi) is 3.95. The van der Waals surface area contributed by atoms with Gasteiger partial charge < -0.3 is 11.1 Å². The second kappa shape index (κ2) is 5.73. The van der Waals surface area contributed by atoms with Crippen molar-refractivity contribution in [1.29, 1.82) is 0 Å². The Hall–Kier alpha value is -1.46. The first-order valence-electron chi connectivity index (χ1n) is 6.90. The van der Waals surface area contributed by atoms with E-state index in [1.165, 1.54) is 5.56 Å². The predicted octanol–water partition coefficient (Wildman–Crippen LogP) is 4.02. The van der Waals surface area contributed by atoms with Gasteiger partial charge in [0.25, 0.3) is 0 Å². The van der Waals surface area contributed by atoms with Crippen molar-refractivity contribution in [1.82, 2.24) is 4.98 Å². The van der Waals surface area contributed by atoms with Gasteiger partial charge in [-0.15, -0.1) is 0 Å². The molecule has 0 fully saturated rings. The zero-order valence-electron chi connectivity index (χ0n) is 11.7. The summed E-state index contributed by atoms with van der Waals surface area (Å²) in [5.74, 6) is 0.755. The van der Waals surface area contributed by atoms with Crippen molar-refractivity contribution in [3.05, 3.63) is 51.1 Å². The average molecular weight is 362 g/mol. The summed E-state index contributed by atoms with van der Waals surface area (Å²) in [4.78, 5) is 5.11. The highest BCUT2D eigenvalue weighted by molar-refractivity contribution is 9.10. The van der Waals surface area contributed by atoms with Crippen molar-refractivity contribution in [2.24, 2.45) is 5.73 Å². The number of aromatic nitrogens is 1. The Labute approximate surface area is 138 Å². The van der Waals surface area contributed by atoms with Crippen LogP contribution in [0.5, 0.6) is 0 Å². The highest BCUT2D eigenvalue weighted by atomic mass is 79.9. The summed E-state index contributed by atoms with van der Waals surface area (Å²) >= 11 is 8.68. The maximum atomic E-state index is 5.86. The van der Waals surface area contributed by atoms with E-state index < -0.39 is 0 Å². The van der Waals surface area contributed by atoms with Gasteiger partial charge in [-0.1, -0.05) is 28.1 Å². The van der Waals surface area contributed by atoms with Crippen molar-refractivity contribution >= 4 is 44.6 Å². The van der Waals surface area contributed by atoms with E-state index in [2.05, 4.69) is 40.3 Å². The molecule has 21 heavy (non-hydrogen) atoms. The van der Waals surface area contributed by atoms with Crippen LogP contribution in [0.15, 0.2) is 28.7 Å². The minimum absolute atomic E-state index is 0.383. The third-order valence-corrected chi connectivity index (χ3v) is 4.85. The van der Waals surface area contributed by atoms with E-state index in [-0.39, 0.29) is 0 Å². The monoisotopic (exact) mass is 361 g/mol. The predicted molar refractivity (Wildman–Crippen MR) is 94.3 cm³/mol. The molecular weight excluding hydrogens is 346 g/mol. The van der Waals surface area contributed by atoms with E-state index in [0.29, 0.717) is 4.99 Å². The number of pyridine rings is 1. The fourth-order valence-electron chi connectivity index (χ4n) is 2.61. The van der Waals surface area contributed by atoms with Gasteiger partial charge in [0.05, 0.1) is 5.56 Å². The molecule has 1 heterocycles. The van der Waals surface area contributed by atoms with Crippen molar-refractivity contribution in [2.75, 3.05) is 5.32 Å². The van der Waals surface area contributed by atoms with Gasteiger partial charge in [-0.2, -0.15) is 0 Å². The number of thiocarbonyl (C=S) groups is 1. The lowest BCUT2D eigenvalue weighted by Crippen LogP contribution is -2.14. The van der Waals surface area contributed by atoms with Crippen LogP contribution in [-0.4, -0.2) is 9.97 Å². The number of aryl methyl sites for hydroxylation is 3. The molecule has 3 nitrogen and oxygen atoms in total. The molecule has 0 spiro atoms. The normalized spacial score (nSPS) is 13.0. The maximum Gasteiger partial charge on any atom is 0.140 e. The van der Waals surface area contributed by atoms with E-state index in [1.54, 1.807) is 0 Å². The number of nitrogens with two attached hydrogens (primary N) is 1. The summed E-state index contributed by atoms with van der Waals surface area (Å²) in [5.41, 5.74) is 11.3. The number of rotatable bonds is 3. The molecule has 108 valence electrons. The molecule has 0 amide bonds. The van der Waals surface area contributed by atoms with Gasteiger partial charge in [0, 0.05) is 15.9 Å². The van der Waals surface area contributed by atoms with Crippen LogP contribution in [0.25, 0.3) is 0 Å². The highest BCUT2D eigenvalue weighted by Gasteiger charge is 2.17. The van der Waals surface area contributed by atoms with Crippen LogP contribution < -0.4 is 11.1 Å². The zero-order chi connectivity index (χ0) is 15.0. The molecule has 5 heteroatoms. The van der Waals surface area contributed by atoms with E-state index in [9.17, 15) is 0 Å². The number of fused-ring (bicyclic) bond motifs is 1. The minimum Gasteiger partial charge on any atom is -0.389 e. The molecule has 1 aromatic carbocycles. The SMILES string of the molecule is Cc1cc(Nc2nc3c(cc2C(N)=S)CCC3)ccc1Br. The zero-order valence-corrected chi connectivity index (χ0v) is 14.1. The number of benzene rings is 1. The van der Waals surface area contributed by atoms with E-state index >= 15 is 0 Å². The Morgan fingerprint density at radius 1 is 1.33 bits per heavy atom. The molecule has 2 aromatic rings. The second-order valence-corrected chi connectivity index (χ2v) is 6.59. The summed E-state index contributed by atoms with van der Waals surface area (Å²) in [6, 6.07) is 8.19. The Morgan fingerprint density at radius 3 is 2.86 bits per heavy atom.